The van der Waals surface area contributed by atoms with Gasteiger partial charge in [-0.15, -0.1) is 11.3 Å². The molecule has 2 aromatic heterocycles. The van der Waals surface area contributed by atoms with Crippen LogP contribution in [0, 0.1) is 0 Å². The summed E-state index contributed by atoms with van der Waals surface area (Å²) in [4.78, 5) is 16.0. The molecule has 3 heterocycles. The summed E-state index contributed by atoms with van der Waals surface area (Å²) in [6.45, 7) is 0.739. The van der Waals surface area contributed by atoms with Gasteiger partial charge in [-0.25, -0.2) is 0 Å². The first-order valence-electron chi connectivity index (χ1n) is 9.28. The Morgan fingerprint density at radius 1 is 1.22 bits per heavy atom. The van der Waals surface area contributed by atoms with Crippen molar-refractivity contribution in [3.8, 4) is 16.4 Å². The number of carbonyl (C=O) groups excluding carboxylic acids is 1. The van der Waals surface area contributed by atoms with Crippen molar-refractivity contribution in [2.24, 2.45) is 0 Å². The number of phenolic OH excluding ortho intramolecular Hbond substituents is 1. The van der Waals surface area contributed by atoms with E-state index in [1.165, 1.54) is 0 Å². The topological polar surface area (TPSA) is 66.6 Å². The van der Waals surface area contributed by atoms with E-state index in [1.54, 1.807) is 35.6 Å². The molecule has 0 saturated carbocycles. The first kappa shape index (κ1) is 17.8. The van der Waals surface area contributed by atoms with Gasteiger partial charge in [0.25, 0.3) is 0 Å². The average molecular weight is 382 g/mol. The molecule has 0 radical (unpaired) electrons. The summed E-state index contributed by atoms with van der Waals surface area (Å²) in [5, 5.41) is 15.7. The predicted molar refractivity (Wildman–Crippen MR) is 105 cm³/mol. The van der Waals surface area contributed by atoms with Crippen molar-refractivity contribution in [1.29, 1.82) is 0 Å². The van der Waals surface area contributed by atoms with Crippen molar-refractivity contribution in [3.05, 3.63) is 59.1 Å². The maximum atomic E-state index is 13.0. The third kappa shape index (κ3) is 4.06. The second-order valence-corrected chi connectivity index (χ2v) is 7.84. The highest BCUT2D eigenvalue weighted by atomic mass is 32.1. The summed E-state index contributed by atoms with van der Waals surface area (Å²) >= 11 is 1.62. The molecule has 5 nitrogen and oxygen atoms in total. The molecule has 0 spiro atoms. The Bertz CT molecular complexity index is 887. The Kier molecular flexibility index (Phi) is 5.25. The minimum absolute atomic E-state index is 0.0467. The number of rotatable bonds is 4. The molecule has 140 valence electrons. The zero-order chi connectivity index (χ0) is 18.6. The van der Waals surface area contributed by atoms with E-state index in [0.29, 0.717) is 6.42 Å². The van der Waals surface area contributed by atoms with Crippen molar-refractivity contribution >= 4 is 17.2 Å². The summed E-state index contributed by atoms with van der Waals surface area (Å²) < 4.78 is 5.56. The number of benzene rings is 1. The molecule has 1 saturated heterocycles. The lowest BCUT2D eigenvalue weighted by molar-refractivity contribution is -0.133. The van der Waals surface area contributed by atoms with Crippen molar-refractivity contribution in [2.75, 3.05) is 6.54 Å². The molecule has 0 bridgehead atoms. The first-order chi connectivity index (χ1) is 13.2. The zero-order valence-electron chi connectivity index (χ0n) is 15.0. The van der Waals surface area contributed by atoms with E-state index in [1.807, 2.05) is 28.5 Å². The fourth-order valence-corrected chi connectivity index (χ4v) is 4.26. The van der Waals surface area contributed by atoms with E-state index in [2.05, 4.69) is 5.16 Å². The van der Waals surface area contributed by atoms with E-state index >= 15 is 0 Å². The number of thiophene rings is 1. The lowest BCUT2D eigenvalue weighted by atomic mass is 10.0. The number of hydrogen-bond donors (Lipinski definition) is 1. The summed E-state index contributed by atoms with van der Waals surface area (Å²) in [6.07, 6.45) is 4.43. The highest BCUT2D eigenvalue weighted by molar-refractivity contribution is 7.13. The Labute approximate surface area is 162 Å². The van der Waals surface area contributed by atoms with Crippen LogP contribution in [0.15, 0.2) is 52.4 Å². The Hall–Kier alpha value is -2.60. The second kappa shape index (κ2) is 7.96. The molecule has 1 N–H and O–H groups in total. The number of phenols is 1. The molecule has 1 aromatic carbocycles. The van der Waals surface area contributed by atoms with E-state index in [-0.39, 0.29) is 17.7 Å². The molecular formula is C21H22N2O3S. The van der Waals surface area contributed by atoms with Crippen molar-refractivity contribution in [3.63, 3.8) is 0 Å². The van der Waals surface area contributed by atoms with Gasteiger partial charge in [-0.1, -0.05) is 36.2 Å². The molecule has 0 aliphatic carbocycles. The molecule has 3 aromatic rings. The van der Waals surface area contributed by atoms with Crippen molar-refractivity contribution < 1.29 is 14.4 Å². The van der Waals surface area contributed by atoms with Crippen LogP contribution in [0.3, 0.4) is 0 Å². The molecule has 1 amide bonds. The van der Waals surface area contributed by atoms with Crippen LogP contribution in [-0.4, -0.2) is 27.6 Å². The lowest BCUT2D eigenvalue weighted by Gasteiger charge is -2.28. The summed E-state index contributed by atoms with van der Waals surface area (Å²) in [6, 6.07) is 12.8. The maximum Gasteiger partial charge on any atom is 0.227 e. The van der Waals surface area contributed by atoms with Gasteiger partial charge >= 0.3 is 0 Å². The molecule has 27 heavy (non-hydrogen) atoms. The number of carbonyl (C=O) groups is 1. The molecule has 1 fully saturated rings. The van der Waals surface area contributed by atoms with Crippen LogP contribution in [0.2, 0.25) is 0 Å². The quantitative estimate of drug-likeness (QED) is 0.704. The fourth-order valence-electron chi connectivity index (χ4n) is 3.59. The van der Waals surface area contributed by atoms with Crippen molar-refractivity contribution in [1.82, 2.24) is 10.1 Å². The molecule has 1 aliphatic rings. The Morgan fingerprint density at radius 3 is 2.85 bits per heavy atom. The predicted octanol–water partition coefficient (Wildman–Crippen LogP) is 4.80. The van der Waals surface area contributed by atoms with Crippen LogP contribution < -0.4 is 0 Å². The summed E-state index contributed by atoms with van der Waals surface area (Å²) in [7, 11) is 0. The average Bonchev–Trinajstić information content (AvgIpc) is 3.31. The standard InChI is InChI=1S/C21H22N2O3S/c24-16-9-7-15(8-10-16)13-21(25)23-11-3-1-2-5-18(23)17-14-19(26-22-17)20-6-4-12-27-20/h4,6-10,12,14,18,24H,1-3,5,11,13H2. The van der Waals surface area contributed by atoms with Gasteiger partial charge in [-0.2, -0.15) is 0 Å². The first-order valence-corrected chi connectivity index (χ1v) is 10.2. The van der Waals surface area contributed by atoms with E-state index < -0.39 is 0 Å². The van der Waals surface area contributed by atoms with Gasteiger partial charge in [-0.3, -0.25) is 4.79 Å². The molecule has 1 atom stereocenters. The Balaban J connectivity index is 1.55. The van der Waals surface area contributed by atoms with E-state index in [0.717, 1.165) is 54.1 Å². The number of hydrogen-bond acceptors (Lipinski definition) is 5. The monoisotopic (exact) mass is 382 g/mol. The molecular weight excluding hydrogens is 360 g/mol. The van der Waals surface area contributed by atoms with Gasteiger partial charge in [0.1, 0.15) is 11.4 Å². The molecule has 4 rings (SSSR count). The molecule has 1 aliphatic heterocycles. The van der Waals surface area contributed by atoms with Crippen LogP contribution in [0.4, 0.5) is 0 Å². The minimum atomic E-state index is -0.0467. The van der Waals surface area contributed by atoms with E-state index in [9.17, 15) is 9.90 Å². The summed E-state index contributed by atoms with van der Waals surface area (Å²) in [5.41, 5.74) is 1.74. The van der Waals surface area contributed by atoms with Gasteiger partial charge in [0.2, 0.25) is 5.91 Å². The van der Waals surface area contributed by atoms with Gasteiger partial charge in [0.05, 0.1) is 17.3 Å². The molecule has 6 heteroatoms. The van der Waals surface area contributed by atoms with Gasteiger partial charge in [-0.05, 0) is 42.0 Å². The molecule has 1 unspecified atom stereocenters. The number of amides is 1. The zero-order valence-corrected chi connectivity index (χ0v) is 15.8. The number of nitrogens with zero attached hydrogens (tertiary/aromatic N) is 2. The van der Waals surface area contributed by atoms with E-state index in [4.69, 9.17) is 4.52 Å². The van der Waals surface area contributed by atoms with Crippen LogP contribution >= 0.6 is 11.3 Å². The number of aromatic nitrogens is 1. The van der Waals surface area contributed by atoms with Crippen LogP contribution in [0.5, 0.6) is 5.75 Å². The highest BCUT2D eigenvalue weighted by Crippen LogP contribution is 2.33. The third-order valence-electron chi connectivity index (χ3n) is 5.00. The number of likely N-dealkylation sites (tertiary alicyclic amines) is 1. The lowest BCUT2D eigenvalue weighted by Crippen LogP contribution is -2.36. The normalized spacial score (nSPS) is 17.6. The Morgan fingerprint density at radius 2 is 2.07 bits per heavy atom. The fraction of sp³-hybridized carbons (Fsp3) is 0.333. The van der Waals surface area contributed by atoms with Gasteiger partial charge in [0.15, 0.2) is 5.76 Å². The second-order valence-electron chi connectivity index (χ2n) is 6.89. The van der Waals surface area contributed by atoms with Crippen LogP contribution in [0.25, 0.3) is 10.6 Å². The summed E-state index contributed by atoms with van der Waals surface area (Å²) in [5.74, 6) is 1.06. The highest BCUT2D eigenvalue weighted by Gasteiger charge is 2.29. The van der Waals surface area contributed by atoms with Crippen LogP contribution in [-0.2, 0) is 11.2 Å². The largest absolute Gasteiger partial charge is 0.508 e. The third-order valence-corrected chi connectivity index (χ3v) is 5.88. The smallest absolute Gasteiger partial charge is 0.227 e. The SMILES string of the molecule is O=C(Cc1ccc(O)cc1)N1CCCCCC1c1cc(-c2cccs2)on1. The minimum Gasteiger partial charge on any atom is -0.508 e. The van der Waals surface area contributed by atoms with Gasteiger partial charge < -0.3 is 14.5 Å². The maximum absolute atomic E-state index is 13.0. The van der Waals surface area contributed by atoms with Gasteiger partial charge in [0, 0.05) is 12.6 Å². The number of aromatic hydroxyl groups is 1. The van der Waals surface area contributed by atoms with Crippen molar-refractivity contribution in [2.45, 2.75) is 38.1 Å². The van der Waals surface area contributed by atoms with Crippen LogP contribution in [0.1, 0.15) is 43.0 Å².